The van der Waals surface area contributed by atoms with Crippen molar-refractivity contribution in [2.75, 3.05) is 11.5 Å². The molecule has 2 heterocycles. The molecule has 3 atom stereocenters. The average molecular weight is 379 g/mol. The number of nitrogens with zero attached hydrogens (tertiary/aromatic N) is 2. The zero-order valence-corrected chi connectivity index (χ0v) is 15.2. The van der Waals surface area contributed by atoms with E-state index in [4.69, 9.17) is 5.84 Å². The Balaban J connectivity index is 2.28. The molecule has 0 bridgehead atoms. The van der Waals surface area contributed by atoms with Crippen LogP contribution in [0.5, 0.6) is 0 Å². The van der Waals surface area contributed by atoms with Crippen LogP contribution in [0.1, 0.15) is 38.4 Å². The first kappa shape index (κ1) is 16.7. The van der Waals surface area contributed by atoms with Crippen LogP contribution in [0.25, 0.3) is 0 Å². The summed E-state index contributed by atoms with van der Waals surface area (Å²) in [5, 5.41) is 5.62. The van der Waals surface area contributed by atoms with Crippen molar-refractivity contribution in [2.45, 2.75) is 49.8 Å². The second-order valence-electron chi connectivity index (χ2n) is 4.90. The van der Waals surface area contributed by atoms with Gasteiger partial charge in [-0.25, -0.2) is 0 Å². The van der Waals surface area contributed by atoms with Gasteiger partial charge in [-0.2, -0.15) is 28.6 Å². The molecule has 2 rings (SSSR count). The van der Waals surface area contributed by atoms with E-state index in [1.54, 1.807) is 0 Å². The van der Waals surface area contributed by atoms with Gasteiger partial charge < -0.3 is 0 Å². The number of hydrogen-bond donors (Lipinski definition) is 2. The highest BCUT2D eigenvalue weighted by Crippen LogP contribution is 2.41. The number of hydrogen-bond acceptors (Lipinski definition) is 5. The number of halogens is 1. The highest BCUT2D eigenvalue weighted by Gasteiger charge is 2.35. The molecule has 0 radical (unpaired) electrons. The molecule has 1 aromatic rings. The van der Waals surface area contributed by atoms with Crippen molar-refractivity contribution in [3.8, 4) is 0 Å². The molecule has 3 N–H and O–H groups in total. The van der Waals surface area contributed by atoms with Gasteiger partial charge in [0.25, 0.3) is 0 Å². The molecule has 1 aliphatic heterocycles. The van der Waals surface area contributed by atoms with Crippen molar-refractivity contribution in [1.82, 2.24) is 15.2 Å². The van der Waals surface area contributed by atoms with E-state index in [-0.39, 0.29) is 6.04 Å². The minimum Gasteiger partial charge on any atom is -0.271 e. The van der Waals surface area contributed by atoms with Crippen LogP contribution in [-0.4, -0.2) is 31.8 Å². The lowest BCUT2D eigenvalue weighted by Gasteiger charge is -2.36. The highest BCUT2D eigenvalue weighted by molar-refractivity contribution is 9.10. The Hall–Kier alpha value is 0.310. The Kier molecular flexibility index (Phi) is 6.74. The summed E-state index contributed by atoms with van der Waals surface area (Å²) in [5.41, 5.74) is 4.24. The van der Waals surface area contributed by atoms with Crippen molar-refractivity contribution in [3.63, 3.8) is 0 Å². The first-order chi connectivity index (χ1) is 9.72. The van der Waals surface area contributed by atoms with Crippen LogP contribution < -0.4 is 11.3 Å². The third-order valence-corrected chi connectivity index (χ3v) is 7.53. The minimum absolute atomic E-state index is 0.140. The van der Waals surface area contributed by atoms with E-state index in [0.29, 0.717) is 10.5 Å². The van der Waals surface area contributed by atoms with Crippen LogP contribution in [-0.2, 0) is 6.54 Å². The maximum Gasteiger partial charge on any atom is 0.0769 e. The maximum absolute atomic E-state index is 5.91. The number of aryl methyl sites for hydroxylation is 1. The summed E-state index contributed by atoms with van der Waals surface area (Å²) in [6, 6.07) is 0.140. The van der Waals surface area contributed by atoms with E-state index in [2.05, 4.69) is 56.7 Å². The summed E-state index contributed by atoms with van der Waals surface area (Å²) in [6.45, 7) is 5.37. The fraction of sp³-hybridized carbons (Fsp3) is 0.769. The Labute approximate surface area is 138 Å². The predicted octanol–water partition coefficient (Wildman–Crippen LogP) is 3.19. The number of thioether (sulfide) groups is 2. The predicted molar refractivity (Wildman–Crippen MR) is 93.1 cm³/mol. The maximum atomic E-state index is 5.91. The largest absolute Gasteiger partial charge is 0.271 e. The number of nitrogens with two attached hydrogens (primary N) is 1. The van der Waals surface area contributed by atoms with Crippen molar-refractivity contribution in [2.24, 2.45) is 5.84 Å². The molecule has 4 nitrogen and oxygen atoms in total. The van der Waals surface area contributed by atoms with Gasteiger partial charge >= 0.3 is 0 Å². The summed E-state index contributed by atoms with van der Waals surface area (Å²) < 4.78 is 3.14. The van der Waals surface area contributed by atoms with Gasteiger partial charge in [0.15, 0.2) is 0 Å². The van der Waals surface area contributed by atoms with Crippen molar-refractivity contribution >= 4 is 39.5 Å². The van der Waals surface area contributed by atoms with E-state index in [1.807, 2.05) is 18.0 Å². The van der Waals surface area contributed by atoms with Gasteiger partial charge in [0.05, 0.1) is 22.4 Å². The van der Waals surface area contributed by atoms with E-state index in [9.17, 15) is 0 Å². The van der Waals surface area contributed by atoms with Crippen LogP contribution in [0.4, 0.5) is 0 Å². The minimum atomic E-state index is 0.140. The van der Waals surface area contributed by atoms with E-state index in [0.717, 1.165) is 17.4 Å². The molecule has 0 saturated carbocycles. The van der Waals surface area contributed by atoms with E-state index < -0.39 is 0 Å². The quantitative estimate of drug-likeness (QED) is 0.587. The molecule has 7 heteroatoms. The smallest absolute Gasteiger partial charge is 0.0769 e. The standard InChI is InChI=1S/C13H23BrN4S2/c1-3-5-18-12(9(14)8-16-18)11(17-15)13-10(4-2)19-6-7-20-13/h8,10-11,13,17H,3-7,15H2,1-2H3. The first-order valence-electron chi connectivity index (χ1n) is 7.13. The van der Waals surface area contributed by atoms with Gasteiger partial charge in [0.1, 0.15) is 0 Å². The molecular formula is C13H23BrN4S2. The lowest BCUT2D eigenvalue weighted by atomic mass is 10.1. The van der Waals surface area contributed by atoms with Crippen LogP contribution in [0.2, 0.25) is 0 Å². The normalized spacial score (nSPS) is 24.8. The van der Waals surface area contributed by atoms with Crippen LogP contribution in [0, 0.1) is 0 Å². The number of aromatic nitrogens is 2. The Morgan fingerprint density at radius 2 is 2.25 bits per heavy atom. The highest BCUT2D eigenvalue weighted by atomic mass is 79.9. The summed E-state index contributed by atoms with van der Waals surface area (Å²) in [5.74, 6) is 8.35. The Morgan fingerprint density at radius 1 is 1.50 bits per heavy atom. The molecule has 3 unspecified atom stereocenters. The van der Waals surface area contributed by atoms with E-state index >= 15 is 0 Å². The summed E-state index contributed by atoms with van der Waals surface area (Å²) >= 11 is 7.76. The first-order valence-corrected chi connectivity index (χ1v) is 10.0. The van der Waals surface area contributed by atoms with Gasteiger partial charge in [-0.15, -0.1) is 0 Å². The summed E-state index contributed by atoms with van der Waals surface area (Å²) in [4.78, 5) is 0. The number of nitrogens with one attached hydrogen (secondary N) is 1. The van der Waals surface area contributed by atoms with Crippen molar-refractivity contribution in [1.29, 1.82) is 0 Å². The van der Waals surface area contributed by atoms with Gasteiger partial charge in [-0.05, 0) is 28.8 Å². The molecule has 1 fully saturated rings. The number of hydrazine groups is 1. The molecule has 114 valence electrons. The van der Waals surface area contributed by atoms with Gasteiger partial charge in [0.2, 0.25) is 0 Å². The second-order valence-corrected chi connectivity index (χ2v) is 8.39. The lowest BCUT2D eigenvalue weighted by Crippen LogP contribution is -2.43. The zero-order valence-electron chi connectivity index (χ0n) is 12.0. The number of rotatable bonds is 6. The zero-order chi connectivity index (χ0) is 14.5. The molecule has 1 aliphatic rings. The third-order valence-electron chi connectivity index (χ3n) is 3.57. The van der Waals surface area contributed by atoms with Gasteiger partial charge in [0, 0.05) is 28.6 Å². The average Bonchev–Trinajstić information content (AvgIpc) is 2.83. The topological polar surface area (TPSA) is 55.9 Å². The fourth-order valence-corrected chi connectivity index (χ4v) is 6.40. The monoisotopic (exact) mass is 378 g/mol. The molecule has 1 aromatic heterocycles. The SMILES string of the molecule is CCCn1ncc(Br)c1C(NN)C1SCCSC1CC. The Morgan fingerprint density at radius 3 is 2.90 bits per heavy atom. The Bertz CT molecular complexity index is 427. The molecule has 0 aliphatic carbocycles. The van der Waals surface area contributed by atoms with Crippen LogP contribution >= 0.6 is 39.5 Å². The van der Waals surface area contributed by atoms with Gasteiger partial charge in [-0.3, -0.25) is 16.0 Å². The van der Waals surface area contributed by atoms with Crippen LogP contribution in [0.15, 0.2) is 10.7 Å². The van der Waals surface area contributed by atoms with Crippen molar-refractivity contribution < 1.29 is 0 Å². The molecular weight excluding hydrogens is 356 g/mol. The van der Waals surface area contributed by atoms with Crippen molar-refractivity contribution in [3.05, 3.63) is 16.4 Å². The lowest BCUT2D eigenvalue weighted by molar-refractivity contribution is 0.456. The van der Waals surface area contributed by atoms with E-state index in [1.165, 1.54) is 23.6 Å². The molecule has 0 spiro atoms. The van der Waals surface area contributed by atoms with Crippen LogP contribution in [0.3, 0.4) is 0 Å². The molecule has 0 amide bonds. The fourth-order valence-electron chi connectivity index (χ4n) is 2.65. The van der Waals surface area contributed by atoms with Gasteiger partial charge in [-0.1, -0.05) is 13.8 Å². The molecule has 20 heavy (non-hydrogen) atoms. The second kappa shape index (κ2) is 8.08. The summed E-state index contributed by atoms with van der Waals surface area (Å²) in [7, 11) is 0. The summed E-state index contributed by atoms with van der Waals surface area (Å²) in [6.07, 6.45) is 4.14. The molecule has 0 aromatic carbocycles. The third kappa shape index (κ3) is 3.55. The molecule has 1 saturated heterocycles.